The van der Waals surface area contributed by atoms with Crippen molar-refractivity contribution in [3.8, 4) is 0 Å². The maximum atomic E-state index is 4.69. The molecule has 0 saturated heterocycles. The Balaban J connectivity index is 1.75. The molecule has 0 aliphatic rings. The van der Waals surface area contributed by atoms with Crippen LogP contribution in [0.5, 0.6) is 0 Å². The van der Waals surface area contributed by atoms with Crippen LogP contribution in [0.15, 0.2) is 53.0 Å². The highest BCUT2D eigenvalue weighted by molar-refractivity contribution is 9.10. The van der Waals surface area contributed by atoms with Crippen LogP contribution in [0, 0.1) is 0 Å². The third-order valence-corrected chi connectivity index (χ3v) is 4.29. The Hall–Kier alpha value is -1.65. The number of para-hydroxylation sites is 2. The van der Waals surface area contributed by atoms with Crippen LogP contribution >= 0.6 is 15.9 Å². The summed E-state index contributed by atoms with van der Waals surface area (Å²) in [5.41, 5.74) is 3.49. The molecule has 1 heterocycles. The van der Waals surface area contributed by atoms with Crippen LogP contribution in [0.3, 0.4) is 0 Å². The molecule has 1 aromatic heterocycles. The van der Waals surface area contributed by atoms with Crippen molar-refractivity contribution in [1.29, 1.82) is 0 Å². The summed E-state index contributed by atoms with van der Waals surface area (Å²) in [6.45, 7) is 2.92. The van der Waals surface area contributed by atoms with Gasteiger partial charge >= 0.3 is 0 Å². The zero-order valence-electron chi connectivity index (χ0n) is 12.2. The van der Waals surface area contributed by atoms with E-state index in [0.29, 0.717) is 0 Å². The molecule has 0 bridgehead atoms. The molecule has 0 radical (unpaired) electrons. The second-order valence-corrected chi connectivity index (χ2v) is 6.15. The van der Waals surface area contributed by atoms with E-state index in [0.717, 1.165) is 22.4 Å². The van der Waals surface area contributed by atoms with Crippen molar-refractivity contribution in [2.75, 3.05) is 0 Å². The first-order valence-electron chi connectivity index (χ1n) is 7.04. The quantitative estimate of drug-likeness (QED) is 0.769. The molecule has 0 aliphatic heterocycles. The minimum Gasteiger partial charge on any atom is -0.330 e. The van der Waals surface area contributed by atoms with Gasteiger partial charge in [0.25, 0.3) is 0 Å². The van der Waals surface area contributed by atoms with Crippen LogP contribution in [0.1, 0.15) is 24.4 Å². The van der Waals surface area contributed by atoms with E-state index >= 15 is 0 Å². The van der Waals surface area contributed by atoms with Gasteiger partial charge in [-0.15, -0.1) is 0 Å². The van der Waals surface area contributed by atoms with Crippen molar-refractivity contribution in [2.45, 2.75) is 19.5 Å². The Morgan fingerprint density at radius 2 is 2.00 bits per heavy atom. The van der Waals surface area contributed by atoms with E-state index in [9.17, 15) is 0 Å². The SMILES string of the molecule is C[C@@H](NCc1nc2ccccc2n1C)c1cccc(Br)c1. The molecule has 4 heteroatoms. The molecule has 2 aromatic carbocycles. The number of rotatable bonds is 4. The van der Waals surface area contributed by atoms with Gasteiger partial charge in [-0.1, -0.05) is 40.2 Å². The standard InChI is InChI=1S/C17H18BrN3/c1-12(13-6-5-7-14(18)10-13)19-11-17-20-15-8-3-4-9-16(15)21(17)2/h3-10,12,19H,11H2,1-2H3/t12-/m1/s1. The molecule has 0 amide bonds. The molecule has 0 unspecified atom stereocenters. The van der Waals surface area contributed by atoms with Gasteiger partial charge in [-0.25, -0.2) is 4.98 Å². The molecular formula is C17H18BrN3. The molecule has 0 fully saturated rings. The van der Waals surface area contributed by atoms with Gasteiger partial charge in [-0.3, -0.25) is 0 Å². The maximum Gasteiger partial charge on any atom is 0.123 e. The van der Waals surface area contributed by atoms with Gasteiger partial charge in [-0.05, 0) is 36.8 Å². The number of aryl methyl sites for hydroxylation is 1. The maximum absolute atomic E-state index is 4.69. The summed E-state index contributed by atoms with van der Waals surface area (Å²) in [6, 6.07) is 16.9. The summed E-state index contributed by atoms with van der Waals surface area (Å²) < 4.78 is 3.26. The summed E-state index contributed by atoms with van der Waals surface area (Å²) in [7, 11) is 2.07. The minimum absolute atomic E-state index is 0.280. The van der Waals surface area contributed by atoms with E-state index in [1.54, 1.807) is 0 Å². The topological polar surface area (TPSA) is 29.9 Å². The molecule has 1 atom stereocenters. The number of hydrogen-bond donors (Lipinski definition) is 1. The Kier molecular flexibility index (Phi) is 4.08. The van der Waals surface area contributed by atoms with Gasteiger partial charge in [0.05, 0.1) is 17.6 Å². The molecule has 0 saturated carbocycles. The molecule has 3 nitrogen and oxygen atoms in total. The minimum atomic E-state index is 0.280. The number of halogens is 1. The summed E-state index contributed by atoms with van der Waals surface area (Å²) in [5, 5.41) is 3.54. The first-order valence-corrected chi connectivity index (χ1v) is 7.83. The van der Waals surface area contributed by atoms with Crippen LogP contribution < -0.4 is 5.32 Å². The number of aromatic nitrogens is 2. The number of fused-ring (bicyclic) bond motifs is 1. The second kappa shape index (κ2) is 6.00. The lowest BCUT2D eigenvalue weighted by Crippen LogP contribution is -2.20. The average molecular weight is 344 g/mol. The lowest BCUT2D eigenvalue weighted by atomic mass is 10.1. The van der Waals surface area contributed by atoms with Crippen molar-refractivity contribution >= 4 is 27.0 Å². The van der Waals surface area contributed by atoms with Crippen LogP contribution in [0.25, 0.3) is 11.0 Å². The zero-order valence-corrected chi connectivity index (χ0v) is 13.8. The van der Waals surface area contributed by atoms with E-state index in [1.165, 1.54) is 11.1 Å². The summed E-state index contributed by atoms with van der Waals surface area (Å²) >= 11 is 3.52. The van der Waals surface area contributed by atoms with E-state index < -0.39 is 0 Å². The predicted molar refractivity (Wildman–Crippen MR) is 90.1 cm³/mol. The highest BCUT2D eigenvalue weighted by Gasteiger charge is 2.09. The third kappa shape index (κ3) is 3.01. The van der Waals surface area contributed by atoms with E-state index in [2.05, 4.69) is 75.1 Å². The van der Waals surface area contributed by atoms with Gasteiger partial charge in [0.1, 0.15) is 5.82 Å². The van der Waals surface area contributed by atoms with Gasteiger partial charge in [0.15, 0.2) is 0 Å². The van der Waals surface area contributed by atoms with Crippen molar-refractivity contribution in [2.24, 2.45) is 7.05 Å². The lowest BCUT2D eigenvalue weighted by molar-refractivity contribution is 0.551. The van der Waals surface area contributed by atoms with Crippen molar-refractivity contribution in [3.63, 3.8) is 0 Å². The molecule has 3 aromatic rings. The molecular weight excluding hydrogens is 326 g/mol. The summed E-state index contributed by atoms with van der Waals surface area (Å²) in [5.74, 6) is 1.05. The zero-order chi connectivity index (χ0) is 14.8. The number of nitrogens with one attached hydrogen (secondary N) is 1. The van der Waals surface area contributed by atoms with Crippen LogP contribution in [-0.4, -0.2) is 9.55 Å². The fourth-order valence-corrected chi connectivity index (χ4v) is 2.91. The smallest absolute Gasteiger partial charge is 0.123 e. The molecule has 108 valence electrons. The third-order valence-electron chi connectivity index (χ3n) is 3.79. The second-order valence-electron chi connectivity index (χ2n) is 5.23. The van der Waals surface area contributed by atoms with Crippen LogP contribution in [0.4, 0.5) is 0 Å². The molecule has 0 spiro atoms. The fraction of sp³-hybridized carbons (Fsp3) is 0.235. The lowest BCUT2D eigenvalue weighted by Gasteiger charge is -2.14. The fourth-order valence-electron chi connectivity index (χ4n) is 2.49. The predicted octanol–water partition coefficient (Wildman–Crippen LogP) is 4.19. The molecule has 1 N–H and O–H groups in total. The Morgan fingerprint density at radius 3 is 2.76 bits per heavy atom. The first-order chi connectivity index (χ1) is 10.1. The van der Waals surface area contributed by atoms with Gasteiger partial charge in [0.2, 0.25) is 0 Å². The number of hydrogen-bond acceptors (Lipinski definition) is 2. The number of nitrogens with zero attached hydrogens (tertiary/aromatic N) is 2. The van der Waals surface area contributed by atoms with Gasteiger partial charge < -0.3 is 9.88 Å². The first kappa shape index (κ1) is 14.3. The van der Waals surface area contributed by atoms with Crippen molar-refractivity contribution in [1.82, 2.24) is 14.9 Å². The summed E-state index contributed by atoms with van der Waals surface area (Å²) in [6.07, 6.45) is 0. The summed E-state index contributed by atoms with van der Waals surface area (Å²) in [4.78, 5) is 4.69. The van der Waals surface area contributed by atoms with E-state index in [1.807, 2.05) is 18.2 Å². The Bertz CT molecular complexity index is 764. The van der Waals surface area contributed by atoms with E-state index in [-0.39, 0.29) is 6.04 Å². The largest absolute Gasteiger partial charge is 0.330 e. The normalized spacial score (nSPS) is 12.7. The van der Waals surface area contributed by atoms with Crippen LogP contribution in [-0.2, 0) is 13.6 Å². The molecule has 3 rings (SSSR count). The van der Waals surface area contributed by atoms with E-state index in [4.69, 9.17) is 0 Å². The Morgan fingerprint density at radius 1 is 1.19 bits per heavy atom. The Labute approximate surface area is 133 Å². The highest BCUT2D eigenvalue weighted by atomic mass is 79.9. The molecule has 0 aliphatic carbocycles. The molecule has 21 heavy (non-hydrogen) atoms. The number of imidazole rings is 1. The van der Waals surface area contributed by atoms with Gasteiger partial charge in [-0.2, -0.15) is 0 Å². The van der Waals surface area contributed by atoms with Crippen LogP contribution in [0.2, 0.25) is 0 Å². The highest BCUT2D eigenvalue weighted by Crippen LogP contribution is 2.19. The van der Waals surface area contributed by atoms with Crippen molar-refractivity contribution in [3.05, 3.63) is 64.4 Å². The number of benzene rings is 2. The monoisotopic (exact) mass is 343 g/mol. The average Bonchev–Trinajstić information content (AvgIpc) is 2.82. The van der Waals surface area contributed by atoms with Crippen molar-refractivity contribution < 1.29 is 0 Å². The van der Waals surface area contributed by atoms with Gasteiger partial charge in [0, 0.05) is 17.6 Å².